The summed E-state index contributed by atoms with van der Waals surface area (Å²) in [7, 11) is 2.79. The number of Topliss-reactive ketones (excluding diaryl/α,β-unsaturated/α-hetero) is 2. The molecule has 8 nitrogen and oxygen atoms in total. The van der Waals surface area contributed by atoms with Crippen molar-refractivity contribution in [3.8, 4) is 33.8 Å². The summed E-state index contributed by atoms with van der Waals surface area (Å²) in [6.07, 6.45) is 0. The average molecular weight is 846 g/mol. The number of thiophene rings is 2. The number of aryl methyl sites for hydroxylation is 1. The van der Waals surface area contributed by atoms with E-state index in [2.05, 4.69) is 10.6 Å². The number of hydrogen-bond acceptors (Lipinski definition) is 8. The number of halogens is 4. The van der Waals surface area contributed by atoms with Gasteiger partial charge in [-0.25, -0.2) is 8.78 Å². The first-order valence-corrected chi connectivity index (χ1v) is 19.7. The molecule has 0 fully saturated rings. The molecule has 2 aromatic heterocycles. The molecule has 6 aromatic rings. The van der Waals surface area contributed by atoms with Crippen molar-refractivity contribution in [1.82, 2.24) is 0 Å². The highest BCUT2D eigenvalue weighted by atomic mass is 35.5. The largest absolute Gasteiger partial charge is 0.496 e. The van der Waals surface area contributed by atoms with Crippen LogP contribution in [0.5, 0.6) is 11.5 Å². The lowest BCUT2D eigenvalue weighted by Crippen LogP contribution is -2.48. The van der Waals surface area contributed by atoms with Crippen LogP contribution in [0, 0.1) is 18.6 Å². The Balaban J connectivity index is 0.000000174. The van der Waals surface area contributed by atoms with E-state index in [0.717, 1.165) is 22.7 Å². The molecular formula is C43H32Cl2F2N2O6S2. The Labute approximate surface area is 344 Å². The third-order valence-electron chi connectivity index (χ3n) is 10.4. The van der Waals surface area contributed by atoms with Crippen LogP contribution >= 0.6 is 45.9 Å². The smallest absolute Gasteiger partial charge is 0.243 e. The van der Waals surface area contributed by atoms with Crippen LogP contribution in [0.1, 0.15) is 51.3 Å². The standard InChI is InChI=1S/C22H17ClFNO3S.C21H15ClFNO3S/c1-11-9-10-13(17(28-3)16(11)24)14-15-18(26)22(2,12-7-5-4-6-8-12)21(27)25-20(15)29-19(14)23;1-21(11-6-4-3-5-7-11)17(25)16-15(18(22)28-19(16)24-20(21)26)13-9-8-12(23)10-14(13)27-2/h4-10H,1-3H3,(H,25,27);3-10H,1-2H3,(H,24,26). The Morgan fingerprint density at radius 2 is 1.07 bits per heavy atom. The minimum atomic E-state index is -1.43. The number of anilines is 2. The number of carbonyl (C=O) groups excluding carboxylic acids is 4. The normalized spacial score (nSPS) is 18.5. The van der Waals surface area contributed by atoms with Gasteiger partial charge in [0.2, 0.25) is 11.8 Å². The molecule has 2 unspecified atom stereocenters. The van der Waals surface area contributed by atoms with Crippen molar-refractivity contribution in [2.24, 2.45) is 0 Å². The third kappa shape index (κ3) is 6.41. The van der Waals surface area contributed by atoms with Gasteiger partial charge in [0.1, 0.15) is 41.1 Å². The van der Waals surface area contributed by atoms with Gasteiger partial charge in [0, 0.05) is 28.3 Å². The minimum absolute atomic E-state index is 0.0126. The summed E-state index contributed by atoms with van der Waals surface area (Å²) in [5.41, 5.74) is 0.998. The predicted molar refractivity (Wildman–Crippen MR) is 221 cm³/mol. The molecule has 57 heavy (non-hydrogen) atoms. The second-order valence-corrected chi connectivity index (χ2v) is 16.8. The zero-order valence-corrected chi connectivity index (χ0v) is 34.1. The van der Waals surface area contributed by atoms with Gasteiger partial charge in [-0.1, -0.05) is 96.0 Å². The molecule has 0 radical (unpaired) electrons. The quantitative estimate of drug-likeness (QED) is 0.162. The number of ketones is 2. The van der Waals surface area contributed by atoms with E-state index < -0.39 is 34.3 Å². The SMILES string of the molecule is COc1c(-c2c(Cl)sc3c2C(=O)C(C)(c2ccccc2)C(=O)N3)ccc(C)c1F.COc1cc(F)ccc1-c1c(Cl)sc2c1C(=O)C(C)(c1ccccc1)C(=O)N2. The van der Waals surface area contributed by atoms with Gasteiger partial charge < -0.3 is 20.1 Å². The van der Waals surface area contributed by atoms with E-state index in [4.69, 9.17) is 32.7 Å². The number of amides is 2. The second-order valence-electron chi connectivity index (χ2n) is 13.6. The van der Waals surface area contributed by atoms with Crippen LogP contribution in [0.3, 0.4) is 0 Å². The molecule has 0 saturated heterocycles. The van der Waals surface area contributed by atoms with Gasteiger partial charge in [-0.15, -0.1) is 22.7 Å². The van der Waals surface area contributed by atoms with Crippen molar-refractivity contribution >= 4 is 79.3 Å². The Morgan fingerprint density at radius 1 is 0.614 bits per heavy atom. The van der Waals surface area contributed by atoms with Crippen molar-refractivity contribution in [2.75, 3.05) is 24.9 Å². The molecule has 0 saturated carbocycles. The van der Waals surface area contributed by atoms with Gasteiger partial charge in [0.25, 0.3) is 0 Å². The first kappa shape index (κ1) is 39.8. The fourth-order valence-corrected chi connectivity index (χ4v) is 9.77. The highest BCUT2D eigenvalue weighted by Crippen LogP contribution is 2.53. The van der Waals surface area contributed by atoms with Crippen LogP contribution in [0.4, 0.5) is 18.8 Å². The maximum Gasteiger partial charge on any atom is 0.243 e. The van der Waals surface area contributed by atoms with Crippen LogP contribution in [0.2, 0.25) is 8.67 Å². The number of methoxy groups -OCH3 is 2. The van der Waals surface area contributed by atoms with Gasteiger partial charge >= 0.3 is 0 Å². The van der Waals surface area contributed by atoms with Crippen molar-refractivity contribution in [3.05, 3.63) is 139 Å². The van der Waals surface area contributed by atoms with Crippen molar-refractivity contribution in [2.45, 2.75) is 31.6 Å². The number of nitrogens with one attached hydrogen (secondary N) is 2. The summed E-state index contributed by atoms with van der Waals surface area (Å²) in [4.78, 5) is 53.0. The Kier molecular flexibility index (Phi) is 10.6. The number of fused-ring (bicyclic) bond motifs is 2. The van der Waals surface area contributed by atoms with E-state index in [1.165, 1.54) is 32.4 Å². The highest BCUT2D eigenvalue weighted by molar-refractivity contribution is 7.21. The van der Waals surface area contributed by atoms with Crippen molar-refractivity contribution in [3.63, 3.8) is 0 Å². The fraction of sp³-hybridized carbons (Fsp3) is 0.163. The van der Waals surface area contributed by atoms with Gasteiger partial charge in [-0.05, 0) is 49.6 Å². The van der Waals surface area contributed by atoms with Gasteiger partial charge in [0.15, 0.2) is 23.1 Å². The molecule has 4 aromatic carbocycles. The molecule has 290 valence electrons. The number of benzene rings is 4. The first-order valence-electron chi connectivity index (χ1n) is 17.3. The maximum atomic E-state index is 14.7. The summed E-state index contributed by atoms with van der Waals surface area (Å²) in [5, 5.41) is 6.37. The second kappa shape index (κ2) is 15.2. The zero-order chi connectivity index (χ0) is 41.0. The highest BCUT2D eigenvalue weighted by Gasteiger charge is 2.51. The van der Waals surface area contributed by atoms with Crippen LogP contribution in [-0.2, 0) is 20.4 Å². The minimum Gasteiger partial charge on any atom is -0.496 e. The maximum absolute atomic E-state index is 14.7. The van der Waals surface area contributed by atoms with E-state index in [9.17, 15) is 28.0 Å². The molecule has 2 amide bonds. The van der Waals surface area contributed by atoms with E-state index in [-0.39, 0.29) is 33.0 Å². The van der Waals surface area contributed by atoms with Crippen LogP contribution < -0.4 is 20.1 Å². The number of hydrogen-bond donors (Lipinski definition) is 2. The van der Waals surface area contributed by atoms with Crippen molar-refractivity contribution < 1.29 is 37.4 Å². The summed E-state index contributed by atoms with van der Waals surface area (Å²) in [5.74, 6) is -2.29. The molecule has 2 N–H and O–H groups in total. The first-order chi connectivity index (χ1) is 27.2. The van der Waals surface area contributed by atoms with Crippen LogP contribution in [0.15, 0.2) is 91.0 Å². The number of carbonyl (C=O) groups is 4. The molecular weight excluding hydrogens is 814 g/mol. The monoisotopic (exact) mass is 844 g/mol. The summed E-state index contributed by atoms with van der Waals surface area (Å²) >= 11 is 15.1. The number of rotatable bonds is 6. The van der Waals surface area contributed by atoms with E-state index in [1.807, 2.05) is 12.1 Å². The van der Waals surface area contributed by atoms with Gasteiger partial charge in [0.05, 0.1) is 25.3 Å². The zero-order valence-electron chi connectivity index (χ0n) is 30.9. The molecule has 4 heterocycles. The molecule has 0 spiro atoms. The van der Waals surface area contributed by atoms with Crippen LogP contribution in [0.25, 0.3) is 22.3 Å². The molecule has 0 aliphatic carbocycles. The lowest BCUT2D eigenvalue weighted by Gasteiger charge is -2.31. The van der Waals surface area contributed by atoms with Crippen molar-refractivity contribution in [1.29, 1.82) is 0 Å². The summed E-state index contributed by atoms with van der Waals surface area (Å²) in [6, 6.07) is 25.0. The topological polar surface area (TPSA) is 111 Å². The van der Waals surface area contributed by atoms with E-state index in [0.29, 0.717) is 58.8 Å². The molecule has 14 heteroatoms. The fourth-order valence-electron chi connectivity index (χ4n) is 7.05. The van der Waals surface area contributed by atoms with Crippen LogP contribution in [-0.4, -0.2) is 37.6 Å². The lowest BCUT2D eigenvalue weighted by molar-refractivity contribution is -0.120. The average Bonchev–Trinajstić information content (AvgIpc) is 3.72. The molecule has 2 aliphatic rings. The van der Waals surface area contributed by atoms with E-state index >= 15 is 0 Å². The third-order valence-corrected chi connectivity index (χ3v) is 13.0. The number of ether oxygens (including phenoxy) is 2. The molecule has 2 aliphatic heterocycles. The van der Waals surface area contributed by atoms with E-state index in [1.54, 1.807) is 81.4 Å². The predicted octanol–water partition coefficient (Wildman–Crippen LogP) is 10.9. The molecule has 2 atom stereocenters. The summed E-state index contributed by atoms with van der Waals surface area (Å²) < 4.78 is 39.5. The lowest BCUT2D eigenvalue weighted by atomic mass is 9.73. The Bertz CT molecular complexity index is 2630. The van der Waals surface area contributed by atoms with Gasteiger partial charge in [-0.3, -0.25) is 19.2 Å². The molecule has 0 bridgehead atoms. The Morgan fingerprint density at radius 3 is 1.53 bits per heavy atom. The van der Waals surface area contributed by atoms with Gasteiger partial charge in [-0.2, -0.15) is 0 Å². The Hall–Kier alpha value is -5.40. The molecule has 8 rings (SSSR count). The summed E-state index contributed by atoms with van der Waals surface area (Å²) in [6.45, 7) is 4.82.